The maximum Gasteiger partial charge on any atom is 0.277 e. The molecule has 0 saturated heterocycles. The van der Waals surface area contributed by atoms with Crippen LogP contribution in [0.25, 0.3) is 0 Å². The predicted octanol–water partition coefficient (Wildman–Crippen LogP) is 2.48. The van der Waals surface area contributed by atoms with Crippen molar-refractivity contribution in [1.29, 1.82) is 5.26 Å². The lowest BCUT2D eigenvalue weighted by Gasteiger charge is -2.08. The van der Waals surface area contributed by atoms with Crippen molar-refractivity contribution < 1.29 is 9.53 Å². The van der Waals surface area contributed by atoms with Gasteiger partial charge in [0.05, 0.1) is 11.6 Å². The quantitative estimate of drug-likeness (QED) is 0.639. The molecule has 1 atom stereocenters. The molecule has 5 nitrogen and oxygen atoms in total. The standard InChI is InChI=1S/C15H19N3O2/c1-4-11(2)12(3)17-18-15(19)10-20-14-7-5-13(9-16)6-8-14/h5-8,11H,4,10H2,1-3H3,(H,18,19)/b17-12+. The number of hydrazone groups is 1. The lowest BCUT2D eigenvalue weighted by Crippen LogP contribution is -2.26. The number of carbonyl (C=O) groups is 1. The van der Waals surface area contributed by atoms with E-state index in [-0.39, 0.29) is 12.5 Å². The summed E-state index contributed by atoms with van der Waals surface area (Å²) >= 11 is 0. The van der Waals surface area contributed by atoms with Gasteiger partial charge >= 0.3 is 0 Å². The van der Waals surface area contributed by atoms with Crippen molar-refractivity contribution in [3.63, 3.8) is 0 Å². The van der Waals surface area contributed by atoms with E-state index >= 15 is 0 Å². The number of carbonyl (C=O) groups excluding carboxylic acids is 1. The lowest BCUT2D eigenvalue weighted by molar-refractivity contribution is -0.123. The minimum atomic E-state index is -0.308. The Bertz CT molecular complexity index is 515. The molecule has 1 rings (SSSR count). The zero-order valence-corrected chi connectivity index (χ0v) is 12.0. The van der Waals surface area contributed by atoms with Crippen LogP contribution in [0.4, 0.5) is 0 Å². The van der Waals surface area contributed by atoms with Crippen molar-refractivity contribution in [2.45, 2.75) is 27.2 Å². The first-order valence-electron chi connectivity index (χ1n) is 6.52. The summed E-state index contributed by atoms with van der Waals surface area (Å²) in [5.41, 5.74) is 3.90. The Morgan fingerprint density at radius 3 is 2.65 bits per heavy atom. The van der Waals surface area contributed by atoms with Crippen LogP contribution in [-0.2, 0) is 4.79 Å². The van der Waals surface area contributed by atoms with Gasteiger partial charge in [0, 0.05) is 5.71 Å². The number of rotatable bonds is 6. The number of hydrogen-bond donors (Lipinski definition) is 1. The van der Waals surface area contributed by atoms with E-state index in [1.165, 1.54) is 0 Å². The maximum atomic E-state index is 11.6. The molecule has 1 aromatic rings. The summed E-state index contributed by atoms with van der Waals surface area (Å²) < 4.78 is 5.30. The summed E-state index contributed by atoms with van der Waals surface area (Å²) in [4.78, 5) is 11.6. The van der Waals surface area contributed by atoms with Gasteiger partial charge in [-0.3, -0.25) is 4.79 Å². The molecule has 5 heteroatoms. The van der Waals surface area contributed by atoms with Crippen LogP contribution in [0.2, 0.25) is 0 Å². The average Bonchev–Trinajstić information content (AvgIpc) is 2.50. The Balaban J connectivity index is 2.41. The van der Waals surface area contributed by atoms with Crippen LogP contribution in [0.1, 0.15) is 32.8 Å². The Kier molecular flexibility index (Phi) is 6.24. The highest BCUT2D eigenvalue weighted by Crippen LogP contribution is 2.11. The molecule has 0 heterocycles. The molecule has 0 radical (unpaired) electrons. The van der Waals surface area contributed by atoms with Crippen LogP contribution in [-0.4, -0.2) is 18.2 Å². The molecule has 1 N–H and O–H groups in total. The van der Waals surface area contributed by atoms with Crippen molar-refractivity contribution in [2.75, 3.05) is 6.61 Å². The van der Waals surface area contributed by atoms with E-state index in [1.807, 2.05) is 13.0 Å². The van der Waals surface area contributed by atoms with E-state index in [9.17, 15) is 4.79 Å². The monoisotopic (exact) mass is 273 g/mol. The number of benzene rings is 1. The lowest BCUT2D eigenvalue weighted by atomic mass is 10.1. The minimum Gasteiger partial charge on any atom is -0.484 e. The van der Waals surface area contributed by atoms with Crippen LogP contribution in [0.3, 0.4) is 0 Å². The van der Waals surface area contributed by atoms with Gasteiger partial charge in [-0.1, -0.05) is 13.8 Å². The highest BCUT2D eigenvalue weighted by atomic mass is 16.5. The van der Waals surface area contributed by atoms with Crippen molar-refractivity contribution >= 4 is 11.6 Å². The van der Waals surface area contributed by atoms with E-state index in [4.69, 9.17) is 10.00 Å². The molecular formula is C15H19N3O2. The van der Waals surface area contributed by atoms with E-state index in [0.29, 0.717) is 17.2 Å². The summed E-state index contributed by atoms with van der Waals surface area (Å²) in [6.07, 6.45) is 0.979. The zero-order valence-electron chi connectivity index (χ0n) is 12.0. The van der Waals surface area contributed by atoms with Gasteiger partial charge in [0.2, 0.25) is 0 Å². The summed E-state index contributed by atoms with van der Waals surface area (Å²) in [7, 11) is 0. The minimum absolute atomic E-state index is 0.108. The molecule has 0 saturated carbocycles. The summed E-state index contributed by atoms with van der Waals surface area (Å²) in [6.45, 7) is 5.90. The third-order valence-corrected chi connectivity index (χ3v) is 3.04. The summed E-state index contributed by atoms with van der Waals surface area (Å²) in [5.74, 6) is 0.577. The van der Waals surface area contributed by atoms with Crippen LogP contribution < -0.4 is 10.2 Å². The first kappa shape index (κ1) is 15.7. The van der Waals surface area contributed by atoms with Crippen LogP contribution in [0.15, 0.2) is 29.4 Å². The third kappa shape index (κ3) is 5.11. The van der Waals surface area contributed by atoms with Crippen molar-refractivity contribution in [3.8, 4) is 11.8 Å². The van der Waals surface area contributed by atoms with Gasteiger partial charge in [-0.05, 0) is 43.5 Å². The van der Waals surface area contributed by atoms with Crippen LogP contribution in [0.5, 0.6) is 5.75 Å². The average molecular weight is 273 g/mol. The second-order valence-corrected chi connectivity index (χ2v) is 4.52. The molecule has 1 amide bonds. The number of nitriles is 1. The number of nitrogens with zero attached hydrogens (tertiary/aromatic N) is 2. The van der Waals surface area contributed by atoms with Crippen molar-refractivity contribution in [3.05, 3.63) is 29.8 Å². The van der Waals surface area contributed by atoms with Gasteiger partial charge in [0.25, 0.3) is 5.91 Å². The Labute approximate surface area is 119 Å². The maximum absolute atomic E-state index is 11.6. The summed E-state index contributed by atoms with van der Waals surface area (Å²) in [5, 5.41) is 12.7. The molecule has 0 spiro atoms. The molecule has 0 bridgehead atoms. The molecule has 0 aromatic heterocycles. The number of amides is 1. The molecule has 0 aliphatic heterocycles. The first-order valence-corrected chi connectivity index (χ1v) is 6.52. The normalized spacial score (nSPS) is 12.4. The van der Waals surface area contributed by atoms with E-state index in [0.717, 1.165) is 12.1 Å². The van der Waals surface area contributed by atoms with Gasteiger partial charge in [-0.2, -0.15) is 10.4 Å². The fourth-order valence-corrected chi connectivity index (χ4v) is 1.36. The van der Waals surface area contributed by atoms with E-state index < -0.39 is 0 Å². The molecule has 0 aliphatic carbocycles. The first-order chi connectivity index (χ1) is 9.56. The Morgan fingerprint density at radius 1 is 1.45 bits per heavy atom. The molecule has 1 unspecified atom stereocenters. The van der Waals surface area contributed by atoms with Gasteiger partial charge < -0.3 is 4.74 Å². The van der Waals surface area contributed by atoms with Crippen LogP contribution in [0, 0.1) is 17.2 Å². The third-order valence-electron chi connectivity index (χ3n) is 3.04. The second-order valence-electron chi connectivity index (χ2n) is 4.52. The highest BCUT2D eigenvalue weighted by molar-refractivity contribution is 5.86. The Morgan fingerprint density at radius 2 is 2.10 bits per heavy atom. The van der Waals surface area contributed by atoms with Gasteiger partial charge in [-0.15, -0.1) is 0 Å². The van der Waals surface area contributed by atoms with Crippen LogP contribution >= 0.6 is 0 Å². The smallest absolute Gasteiger partial charge is 0.277 e. The molecule has 20 heavy (non-hydrogen) atoms. The van der Waals surface area contributed by atoms with Gasteiger partial charge in [0.15, 0.2) is 6.61 Å². The van der Waals surface area contributed by atoms with E-state index in [1.54, 1.807) is 24.3 Å². The molecule has 0 aliphatic rings. The fourth-order valence-electron chi connectivity index (χ4n) is 1.36. The van der Waals surface area contributed by atoms with Gasteiger partial charge in [0.1, 0.15) is 5.75 Å². The molecule has 0 fully saturated rings. The topological polar surface area (TPSA) is 74.5 Å². The molecule has 1 aromatic carbocycles. The SMILES string of the molecule is CCC(C)/C(C)=N/NC(=O)COc1ccc(C#N)cc1. The van der Waals surface area contributed by atoms with Gasteiger partial charge in [-0.25, -0.2) is 5.43 Å². The number of ether oxygens (including phenoxy) is 1. The second kappa shape index (κ2) is 7.95. The number of hydrogen-bond acceptors (Lipinski definition) is 4. The van der Waals surface area contributed by atoms with Crippen molar-refractivity contribution in [2.24, 2.45) is 11.0 Å². The molecular weight excluding hydrogens is 254 g/mol. The fraction of sp³-hybridized carbons (Fsp3) is 0.400. The predicted molar refractivity (Wildman–Crippen MR) is 77.4 cm³/mol. The summed E-state index contributed by atoms with van der Waals surface area (Å²) in [6, 6.07) is 8.59. The largest absolute Gasteiger partial charge is 0.484 e. The van der Waals surface area contributed by atoms with Crippen molar-refractivity contribution in [1.82, 2.24) is 5.43 Å². The number of nitrogens with one attached hydrogen (secondary N) is 1. The van der Waals surface area contributed by atoms with E-state index in [2.05, 4.69) is 24.4 Å². The zero-order chi connectivity index (χ0) is 15.0. The molecule has 106 valence electrons. The Hall–Kier alpha value is -2.35. The highest BCUT2D eigenvalue weighted by Gasteiger charge is 2.05.